The third-order valence-corrected chi connectivity index (χ3v) is 3.19. The SMILES string of the molecule is Cn1nnnc1SCc1ncc(C(C)(C)C)o1. The Kier molecular flexibility index (Phi) is 3.19. The average Bonchev–Trinajstić information content (AvgIpc) is 2.82. The maximum atomic E-state index is 5.68. The minimum Gasteiger partial charge on any atom is -0.444 e. The summed E-state index contributed by atoms with van der Waals surface area (Å²) in [5.41, 5.74) is -0.0117. The van der Waals surface area contributed by atoms with Crippen molar-refractivity contribution in [2.24, 2.45) is 7.05 Å². The van der Waals surface area contributed by atoms with Gasteiger partial charge in [-0.15, -0.1) is 5.10 Å². The molecule has 92 valence electrons. The number of hydrogen-bond acceptors (Lipinski definition) is 6. The van der Waals surface area contributed by atoms with E-state index in [9.17, 15) is 0 Å². The Morgan fingerprint density at radius 1 is 1.41 bits per heavy atom. The van der Waals surface area contributed by atoms with Gasteiger partial charge in [-0.05, 0) is 10.4 Å². The first-order chi connectivity index (χ1) is 7.97. The smallest absolute Gasteiger partial charge is 0.209 e. The van der Waals surface area contributed by atoms with Gasteiger partial charge >= 0.3 is 0 Å². The van der Waals surface area contributed by atoms with Crippen molar-refractivity contribution in [1.82, 2.24) is 25.2 Å². The third-order valence-electron chi connectivity index (χ3n) is 2.20. The van der Waals surface area contributed by atoms with E-state index >= 15 is 0 Å². The Morgan fingerprint density at radius 2 is 2.18 bits per heavy atom. The minimum atomic E-state index is -0.0117. The fourth-order valence-electron chi connectivity index (χ4n) is 1.19. The number of tetrazole rings is 1. The highest BCUT2D eigenvalue weighted by atomic mass is 32.2. The molecule has 0 amide bonds. The van der Waals surface area contributed by atoms with Crippen LogP contribution in [0, 0.1) is 0 Å². The van der Waals surface area contributed by atoms with Crippen LogP contribution in [0.5, 0.6) is 0 Å². The van der Waals surface area contributed by atoms with E-state index in [1.54, 1.807) is 17.9 Å². The normalized spacial score (nSPS) is 12.0. The Labute approximate surface area is 104 Å². The molecular weight excluding hydrogens is 238 g/mol. The Morgan fingerprint density at radius 3 is 2.71 bits per heavy atom. The molecule has 0 aliphatic carbocycles. The van der Waals surface area contributed by atoms with Gasteiger partial charge in [0, 0.05) is 12.5 Å². The van der Waals surface area contributed by atoms with Crippen molar-refractivity contribution in [2.75, 3.05) is 0 Å². The summed E-state index contributed by atoms with van der Waals surface area (Å²) in [7, 11) is 1.80. The molecule has 2 aromatic rings. The van der Waals surface area contributed by atoms with Crippen LogP contribution < -0.4 is 0 Å². The second kappa shape index (κ2) is 4.48. The predicted octanol–water partition coefficient (Wildman–Crippen LogP) is 1.79. The molecule has 0 atom stereocenters. The monoisotopic (exact) mass is 253 g/mol. The molecule has 0 aliphatic heterocycles. The molecule has 0 bridgehead atoms. The molecule has 0 aromatic carbocycles. The molecule has 17 heavy (non-hydrogen) atoms. The van der Waals surface area contributed by atoms with Crippen molar-refractivity contribution >= 4 is 11.8 Å². The lowest BCUT2D eigenvalue weighted by Crippen LogP contribution is -2.09. The molecule has 0 saturated carbocycles. The summed E-state index contributed by atoms with van der Waals surface area (Å²) in [6.45, 7) is 6.28. The van der Waals surface area contributed by atoms with Crippen LogP contribution in [0.15, 0.2) is 15.8 Å². The topological polar surface area (TPSA) is 69.6 Å². The quantitative estimate of drug-likeness (QED) is 0.777. The van der Waals surface area contributed by atoms with Gasteiger partial charge in [-0.25, -0.2) is 9.67 Å². The highest BCUT2D eigenvalue weighted by molar-refractivity contribution is 7.98. The Bertz CT molecular complexity index is 499. The largest absolute Gasteiger partial charge is 0.444 e. The molecule has 2 heterocycles. The molecule has 2 aromatic heterocycles. The molecule has 0 spiro atoms. The molecule has 0 radical (unpaired) electrons. The van der Waals surface area contributed by atoms with E-state index < -0.39 is 0 Å². The molecule has 0 fully saturated rings. The van der Waals surface area contributed by atoms with E-state index in [1.165, 1.54) is 11.8 Å². The number of oxazole rings is 1. The van der Waals surface area contributed by atoms with Crippen LogP contribution in [0.3, 0.4) is 0 Å². The summed E-state index contributed by atoms with van der Waals surface area (Å²) < 4.78 is 7.30. The lowest BCUT2D eigenvalue weighted by Gasteiger charge is -2.12. The lowest BCUT2D eigenvalue weighted by molar-refractivity contribution is 0.390. The van der Waals surface area contributed by atoms with E-state index in [0.29, 0.717) is 11.6 Å². The maximum absolute atomic E-state index is 5.68. The fourth-order valence-corrected chi connectivity index (χ4v) is 1.90. The summed E-state index contributed by atoms with van der Waals surface area (Å²) in [6, 6.07) is 0. The number of nitrogens with zero attached hydrogens (tertiary/aromatic N) is 5. The van der Waals surface area contributed by atoms with Crippen molar-refractivity contribution in [1.29, 1.82) is 0 Å². The summed E-state index contributed by atoms with van der Waals surface area (Å²) in [4.78, 5) is 4.25. The van der Waals surface area contributed by atoms with E-state index in [-0.39, 0.29) is 5.41 Å². The summed E-state index contributed by atoms with van der Waals surface area (Å²) >= 11 is 1.50. The predicted molar refractivity (Wildman–Crippen MR) is 63.6 cm³/mol. The first-order valence-electron chi connectivity index (χ1n) is 5.27. The van der Waals surface area contributed by atoms with Gasteiger partial charge in [0.2, 0.25) is 11.0 Å². The van der Waals surface area contributed by atoms with Crippen molar-refractivity contribution in [3.05, 3.63) is 17.8 Å². The van der Waals surface area contributed by atoms with E-state index in [2.05, 4.69) is 41.3 Å². The molecular formula is C10H15N5OS. The minimum absolute atomic E-state index is 0.0117. The molecule has 7 heteroatoms. The zero-order valence-corrected chi connectivity index (χ0v) is 11.2. The second-order valence-corrected chi connectivity index (χ2v) is 5.68. The van der Waals surface area contributed by atoms with Gasteiger partial charge in [0.05, 0.1) is 11.9 Å². The average molecular weight is 253 g/mol. The standard InChI is InChI=1S/C10H15N5OS/c1-10(2,3)7-5-11-8(16-7)6-17-9-12-13-14-15(9)4/h5H,6H2,1-4H3. The van der Waals surface area contributed by atoms with Crippen molar-refractivity contribution in [3.8, 4) is 0 Å². The van der Waals surface area contributed by atoms with Gasteiger partial charge in [0.15, 0.2) is 0 Å². The highest BCUT2D eigenvalue weighted by Gasteiger charge is 2.19. The number of aromatic nitrogens is 5. The lowest BCUT2D eigenvalue weighted by atomic mass is 9.94. The fraction of sp³-hybridized carbons (Fsp3) is 0.600. The van der Waals surface area contributed by atoms with Crippen LogP contribution in [-0.4, -0.2) is 25.2 Å². The molecule has 0 aliphatic rings. The van der Waals surface area contributed by atoms with Crippen molar-refractivity contribution in [2.45, 2.75) is 37.1 Å². The Hall–Kier alpha value is -1.37. The van der Waals surface area contributed by atoms with Gasteiger partial charge in [-0.3, -0.25) is 0 Å². The van der Waals surface area contributed by atoms with E-state index in [4.69, 9.17) is 4.42 Å². The number of thioether (sulfide) groups is 1. The van der Waals surface area contributed by atoms with Gasteiger partial charge in [0.25, 0.3) is 0 Å². The molecule has 6 nitrogen and oxygen atoms in total. The first kappa shape index (κ1) is 12.1. The molecule has 0 N–H and O–H groups in total. The van der Waals surface area contributed by atoms with Crippen LogP contribution >= 0.6 is 11.8 Å². The van der Waals surface area contributed by atoms with Crippen LogP contribution in [-0.2, 0) is 18.2 Å². The summed E-state index contributed by atoms with van der Waals surface area (Å²) in [5, 5.41) is 12.0. The number of hydrogen-bond donors (Lipinski definition) is 0. The van der Waals surface area contributed by atoms with Gasteiger partial charge < -0.3 is 4.42 Å². The highest BCUT2D eigenvalue weighted by Crippen LogP contribution is 2.25. The van der Waals surface area contributed by atoms with E-state index in [0.717, 1.165) is 10.9 Å². The first-order valence-corrected chi connectivity index (χ1v) is 6.26. The number of rotatable bonds is 3. The van der Waals surface area contributed by atoms with Crippen LogP contribution in [0.1, 0.15) is 32.4 Å². The zero-order valence-electron chi connectivity index (χ0n) is 10.3. The van der Waals surface area contributed by atoms with Crippen molar-refractivity contribution in [3.63, 3.8) is 0 Å². The molecule has 0 saturated heterocycles. The molecule has 0 unspecified atom stereocenters. The second-order valence-electron chi connectivity index (χ2n) is 4.74. The maximum Gasteiger partial charge on any atom is 0.209 e. The van der Waals surface area contributed by atoms with Gasteiger partial charge in [-0.2, -0.15) is 0 Å². The van der Waals surface area contributed by atoms with Crippen molar-refractivity contribution < 1.29 is 4.42 Å². The van der Waals surface area contributed by atoms with Crippen LogP contribution in [0.2, 0.25) is 0 Å². The van der Waals surface area contributed by atoms with Gasteiger partial charge in [-0.1, -0.05) is 32.5 Å². The summed E-state index contributed by atoms with van der Waals surface area (Å²) in [5.74, 6) is 2.22. The summed E-state index contributed by atoms with van der Waals surface area (Å²) in [6.07, 6.45) is 1.78. The Balaban J connectivity index is 2.01. The van der Waals surface area contributed by atoms with Crippen LogP contribution in [0.25, 0.3) is 0 Å². The molecule has 2 rings (SSSR count). The van der Waals surface area contributed by atoms with E-state index in [1.807, 2.05) is 0 Å². The number of aryl methyl sites for hydroxylation is 1. The van der Waals surface area contributed by atoms with Gasteiger partial charge in [0.1, 0.15) is 5.76 Å². The van der Waals surface area contributed by atoms with Crippen LogP contribution in [0.4, 0.5) is 0 Å². The third kappa shape index (κ3) is 2.85. The zero-order chi connectivity index (χ0) is 12.5.